The van der Waals surface area contributed by atoms with E-state index >= 15 is 0 Å². The molecule has 1 atom stereocenters. The highest BCUT2D eigenvalue weighted by Gasteiger charge is 2.18. The Kier molecular flexibility index (Phi) is 5.05. The summed E-state index contributed by atoms with van der Waals surface area (Å²) in [5.74, 6) is 0.757. The molecule has 0 fully saturated rings. The van der Waals surface area contributed by atoms with Crippen LogP contribution in [0.4, 0.5) is 4.79 Å². The zero-order chi connectivity index (χ0) is 17.8. The minimum absolute atomic E-state index is 0.0476. The van der Waals surface area contributed by atoms with Gasteiger partial charge in [-0.3, -0.25) is 0 Å². The number of aryl methyl sites for hydroxylation is 1. The van der Waals surface area contributed by atoms with Gasteiger partial charge < -0.3 is 20.2 Å². The van der Waals surface area contributed by atoms with Gasteiger partial charge >= 0.3 is 6.03 Å². The number of amides is 2. The number of urea groups is 1. The van der Waals surface area contributed by atoms with Crippen molar-refractivity contribution in [1.82, 2.24) is 10.6 Å². The summed E-state index contributed by atoms with van der Waals surface area (Å²) in [6.45, 7) is 4.20. The van der Waals surface area contributed by atoms with Crippen molar-refractivity contribution < 1.29 is 14.3 Å². The highest BCUT2D eigenvalue weighted by atomic mass is 16.3. The molecule has 3 N–H and O–H groups in total. The Morgan fingerprint density at radius 1 is 1.12 bits per heavy atom. The topological polar surface area (TPSA) is 74.5 Å². The van der Waals surface area contributed by atoms with Crippen LogP contribution in [0.2, 0.25) is 0 Å². The molecule has 0 radical (unpaired) electrons. The number of nitrogens with one attached hydrogen (secondary N) is 2. The number of benzene rings is 2. The van der Waals surface area contributed by atoms with Crippen molar-refractivity contribution >= 4 is 17.0 Å². The molecule has 0 aliphatic carbocycles. The molecule has 5 heteroatoms. The molecule has 5 nitrogen and oxygen atoms in total. The number of furan rings is 1. The van der Waals surface area contributed by atoms with Crippen molar-refractivity contribution in [1.29, 1.82) is 0 Å². The number of aliphatic hydroxyl groups excluding tert-OH is 1. The smallest absolute Gasteiger partial charge is 0.315 e. The average Bonchev–Trinajstić information content (AvgIpc) is 2.97. The quantitative estimate of drug-likeness (QED) is 0.662. The SMILES string of the molecule is Cc1c(C(C)NC(=O)NCc2ccccc2CO)oc2ccccc12. The second kappa shape index (κ2) is 7.40. The first kappa shape index (κ1) is 17.0. The Bertz CT molecular complexity index is 886. The van der Waals surface area contributed by atoms with E-state index in [9.17, 15) is 9.90 Å². The normalized spacial score (nSPS) is 12.1. The van der Waals surface area contributed by atoms with Crippen LogP contribution in [0.1, 0.15) is 35.4 Å². The lowest BCUT2D eigenvalue weighted by Crippen LogP contribution is -2.36. The fourth-order valence-corrected chi connectivity index (χ4v) is 2.98. The first-order valence-electron chi connectivity index (χ1n) is 8.30. The molecular weight excluding hydrogens is 316 g/mol. The Hall–Kier alpha value is -2.79. The minimum Gasteiger partial charge on any atom is -0.459 e. The van der Waals surface area contributed by atoms with Gasteiger partial charge in [0.15, 0.2) is 0 Å². The van der Waals surface area contributed by atoms with Gasteiger partial charge in [-0.2, -0.15) is 0 Å². The summed E-state index contributed by atoms with van der Waals surface area (Å²) in [5, 5.41) is 16.1. The van der Waals surface area contributed by atoms with Crippen LogP contribution in [0.15, 0.2) is 52.9 Å². The molecular formula is C20H22N2O3. The molecule has 0 aliphatic heterocycles. The summed E-state index contributed by atoms with van der Waals surface area (Å²) in [7, 11) is 0. The van der Waals surface area contributed by atoms with Gasteiger partial charge in [-0.1, -0.05) is 42.5 Å². The van der Waals surface area contributed by atoms with Gasteiger partial charge in [-0.25, -0.2) is 4.79 Å². The van der Waals surface area contributed by atoms with Crippen molar-refractivity contribution in [3.05, 3.63) is 71.0 Å². The van der Waals surface area contributed by atoms with E-state index in [0.717, 1.165) is 33.4 Å². The third kappa shape index (κ3) is 3.67. The average molecular weight is 338 g/mol. The summed E-state index contributed by atoms with van der Waals surface area (Å²) < 4.78 is 5.89. The fourth-order valence-electron chi connectivity index (χ4n) is 2.98. The van der Waals surface area contributed by atoms with Gasteiger partial charge in [-0.15, -0.1) is 0 Å². The van der Waals surface area contributed by atoms with Crippen LogP contribution in [0.25, 0.3) is 11.0 Å². The molecule has 0 aliphatic rings. The van der Waals surface area contributed by atoms with Crippen molar-refractivity contribution in [2.75, 3.05) is 0 Å². The minimum atomic E-state index is -0.278. The van der Waals surface area contributed by atoms with E-state index in [1.165, 1.54) is 0 Å². The first-order chi connectivity index (χ1) is 12.1. The number of carbonyl (C=O) groups excluding carboxylic acids is 1. The fraction of sp³-hybridized carbons (Fsp3) is 0.250. The molecule has 0 bridgehead atoms. The molecule has 3 rings (SSSR count). The van der Waals surface area contributed by atoms with Crippen LogP contribution in [-0.4, -0.2) is 11.1 Å². The summed E-state index contributed by atoms with van der Waals surface area (Å²) in [5.41, 5.74) is 3.56. The molecule has 0 saturated heterocycles. The van der Waals surface area contributed by atoms with Gasteiger partial charge in [0, 0.05) is 17.5 Å². The number of fused-ring (bicyclic) bond motifs is 1. The van der Waals surface area contributed by atoms with Gasteiger partial charge in [0.25, 0.3) is 0 Å². The van der Waals surface area contributed by atoms with Crippen LogP contribution < -0.4 is 10.6 Å². The molecule has 3 aromatic rings. The number of para-hydroxylation sites is 1. The Morgan fingerprint density at radius 2 is 1.80 bits per heavy atom. The molecule has 130 valence electrons. The molecule has 0 spiro atoms. The molecule has 25 heavy (non-hydrogen) atoms. The zero-order valence-electron chi connectivity index (χ0n) is 14.4. The Morgan fingerprint density at radius 3 is 2.52 bits per heavy atom. The lowest BCUT2D eigenvalue weighted by Gasteiger charge is -2.14. The second-order valence-electron chi connectivity index (χ2n) is 6.06. The predicted octanol–water partition coefficient (Wildman–Crippen LogP) is 3.79. The van der Waals surface area contributed by atoms with Crippen LogP contribution >= 0.6 is 0 Å². The van der Waals surface area contributed by atoms with Crippen LogP contribution in [0.3, 0.4) is 0 Å². The van der Waals surface area contributed by atoms with E-state index in [1.807, 2.05) is 62.4 Å². The van der Waals surface area contributed by atoms with Gasteiger partial charge in [0.1, 0.15) is 11.3 Å². The number of hydrogen-bond acceptors (Lipinski definition) is 3. The number of hydrogen-bond donors (Lipinski definition) is 3. The monoisotopic (exact) mass is 338 g/mol. The van der Waals surface area contributed by atoms with E-state index in [1.54, 1.807) is 0 Å². The predicted molar refractivity (Wildman–Crippen MR) is 97.1 cm³/mol. The molecule has 1 aromatic heterocycles. The molecule has 2 aromatic carbocycles. The second-order valence-corrected chi connectivity index (χ2v) is 6.06. The maximum Gasteiger partial charge on any atom is 0.315 e. The largest absolute Gasteiger partial charge is 0.459 e. The zero-order valence-corrected chi connectivity index (χ0v) is 14.4. The maximum atomic E-state index is 12.2. The lowest BCUT2D eigenvalue weighted by molar-refractivity contribution is 0.235. The van der Waals surface area contributed by atoms with Crippen molar-refractivity contribution in [2.24, 2.45) is 0 Å². The lowest BCUT2D eigenvalue weighted by atomic mass is 10.1. The summed E-state index contributed by atoms with van der Waals surface area (Å²) >= 11 is 0. The molecule has 1 unspecified atom stereocenters. The summed E-state index contributed by atoms with van der Waals surface area (Å²) in [6, 6.07) is 14.8. The standard InChI is InChI=1S/C20H22N2O3/c1-13-17-9-5-6-10-18(17)25-19(13)14(2)22-20(24)21-11-15-7-3-4-8-16(15)12-23/h3-10,14,23H,11-12H2,1-2H3,(H2,21,22,24). The molecule has 0 saturated carbocycles. The molecule has 2 amide bonds. The summed E-state index contributed by atoms with van der Waals surface area (Å²) in [6.07, 6.45) is 0. The van der Waals surface area contributed by atoms with E-state index in [0.29, 0.717) is 6.54 Å². The Labute approximate surface area is 146 Å². The van der Waals surface area contributed by atoms with Crippen molar-refractivity contribution in [3.63, 3.8) is 0 Å². The number of carbonyl (C=O) groups is 1. The van der Waals surface area contributed by atoms with E-state index in [-0.39, 0.29) is 18.7 Å². The van der Waals surface area contributed by atoms with E-state index in [2.05, 4.69) is 10.6 Å². The van der Waals surface area contributed by atoms with E-state index < -0.39 is 0 Å². The third-order valence-corrected chi connectivity index (χ3v) is 4.35. The highest BCUT2D eigenvalue weighted by Crippen LogP contribution is 2.29. The van der Waals surface area contributed by atoms with Crippen LogP contribution in [0.5, 0.6) is 0 Å². The number of aliphatic hydroxyl groups is 1. The van der Waals surface area contributed by atoms with Gasteiger partial charge in [-0.05, 0) is 31.0 Å². The van der Waals surface area contributed by atoms with Gasteiger partial charge in [0.2, 0.25) is 0 Å². The summed E-state index contributed by atoms with van der Waals surface area (Å²) in [4.78, 5) is 12.2. The van der Waals surface area contributed by atoms with Gasteiger partial charge in [0.05, 0.1) is 12.6 Å². The first-order valence-corrected chi connectivity index (χ1v) is 8.30. The number of rotatable bonds is 5. The van der Waals surface area contributed by atoms with Crippen LogP contribution in [0, 0.1) is 6.92 Å². The maximum absolute atomic E-state index is 12.2. The highest BCUT2D eigenvalue weighted by molar-refractivity contribution is 5.82. The van der Waals surface area contributed by atoms with Crippen LogP contribution in [-0.2, 0) is 13.2 Å². The van der Waals surface area contributed by atoms with E-state index in [4.69, 9.17) is 4.42 Å². The van der Waals surface area contributed by atoms with Crippen molar-refractivity contribution in [3.8, 4) is 0 Å². The third-order valence-electron chi connectivity index (χ3n) is 4.35. The Balaban J connectivity index is 1.65. The van der Waals surface area contributed by atoms with Crippen molar-refractivity contribution in [2.45, 2.75) is 33.0 Å². The molecule has 1 heterocycles.